The fraction of sp³-hybridized carbons (Fsp3) is 0.333. The molecule has 2 bridgehead atoms. The van der Waals surface area contributed by atoms with Gasteiger partial charge in [-0.15, -0.1) is 0 Å². The van der Waals surface area contributed by atoms with Crippen LogP contribution >= 0.6 is 0 Å². The first-order valence-corrected chi connectivity index (χ1v) is 12.3. The number of pyridine rings is 1. The van der Waals surface area contributed by atoms with Crippen LogP contribution in [0.5, 0.6) is 5.75 Å². The Hall–Kier alpha value is -3.92. The quantitative estimate of drug-likeness (QED) is 0.452. The number of ether oxygens (including phenoxy) is 1. The highest BCUT2D eigenvalue weighted by Gasteiger charge is 2.46. The van der Waals surface area contributed by atoms with Gasteiger partial charge in [-0.1, -0.05) is 6.07 Å². The van der Waals surface area contributed by atoms with Crippen molar-refractivity contribution in [1.29, 1.82) is 0 Å². The minimum Gasteiger partial charge on any atom is -0.434 e. The van der Waals surface area contributed by atoms with Crippen LogP contribution in [-0.4, -0.2) is 44.0 Å². The van der Waals surface area contributed by atoms with E-state index in [0.717, 1.165) is 46.7 Å². The molecular weight excluding hydrogens is 478 g/mol. The number of imidazole rings is 1. The van der Waals surface area contributed by atoms with Gasteiger partial charge in [0.15, 0.2) is 5.65 Å². The van der Waals surface area contributed by atoms with Gasteiger partial charge in [-0.2, -0.15) is 13.9 Å². The Balaban J connectivity index is 1.41. The van der Waals surface area contributed by atoms with Crippen LogP contribution in [0.1, 0.15) is 70.3 Å². The molecule has 3 aliphatic rings. The molecule has 3 aromatic heterocycles. The lowest BCUT2D eigenvalue weighted by Gasteiger charge is -2.23. The number of halogens is 2. The Kier molecular flexibility index (Phi) is 4.55. The van der Waals surface area contributed by atoms with Crippen LogP contribution < -0.4 is 10.5 Å². The summed E-state index contributed by atoms with van der Waals surface area (Å²) in [6.45, 7) is -1.01. The highest BCUT2D eigenvalue weighted by molar-refractivity contribution is 5.98. The van der Waals surface area contributed by atoms with Gasteiger partial charge < -0.3 is 15.4 Å². The van der Waals surface area contributed by atoms with Gasteiger partial charge >= 0.3 is 6.61 Å². The van der Waals surface area contributed by atoms with Crippen molar-refractivity contribution in [3.8, 4) is 17.0 Å². The van der Waals surface area contributed by atoms with E-state index in [-0.39, 0.29) is 23.6 Å². The standard InChI is InChI=1S/C27H24F2N6O2/c1-27(30)9-8-13-10-14(12-31-24(13)27)17-6-7-20-32-22-18-11-16(23(22)35(20)33-17)21-15(25(36)34(18)2)4-3-5-19(21)37-26(28)29/h3-7,10,12,16,18,26H,8-9,11,30H2,1-2H3. The Morgan fingerprint density at radius 3 is 2.89 bits per heavy atom. The van der Waals surface area contributed by atoms with E-state index in [1.165, 1.54) is 6.07 Å². The number of hydrogen-bond donors (Lipinski definition) is 1. The summed E-state index contributed by atoms with van der Waals surface area (Å²) in [5, 5.41) is 4.93. The van der Waals surface area contributed by atoms with E-state index in [0.29, 0.717) is 23.2 Å². The maximum Gasteiger partial charge on any atom is 0.387 e. The molecule has 8 nitrogen and oxygen atoms in total. The summed E-state index contributed by atoms with van der Waals surface area (Å²) in [5.74, 6) is -0.617. The third-order valence-corrected chi connectivity index (χ3v) is 8.01. The smallest absolute Gasteiger partial charge is 0.387 e. The number of alkyl halides is 2. The minimum atomic E-state index is -3.01. The highest BCUT2D eigenvalue weighted by atomic mass is 19.3. The van der Waals surface area contributed by atoms with Gasteiger partial charge in [0.25, 0.3) is 5.91 Å². The molecule has 10 heteroatoms. The fourth-order valence-corrected chi connectivity index (χ4v) is 6.22. The molecule has 0 saturated heterocycles. The molecule has 188 valence electrons. The second-order valence-corrected chi connectivity index (χ2v) is 10.3. The predicted octanol–water partition coefficient (Wildman–Crippen LogP) is 4.18. The van der Waals surface area contributed by atoms with E-state index in [4.69, 9.17) is 20.6 Å². The van der Waals surface area contributed by atoms with E-state index in [1.54, 1.807) is 34.8 Å². The molecule has 3 unspecified atom stereocenters. The molecule has 0 radical (unpaired) electrons. The largest absolute Gasteiger partial charge is 0.434 e. The van der Waals surface area contributed by atoms with Crippen LogP contribution in [0.2, 0.25) is 0 Å². The van der Waals surface area contributed by atoms with Crippen LogP contribution in [-0.2, 0) is 12.0 Å². The molecule has 1 aliphatic heterocycles. The molecule has 0 fully saturated rings. The van der Waals surface area contributed by atoms with Crippen molar-refractivity contribution in [3.63, 3.8) is 0 Å². The third kappa shape index (κ3) is 3.14. The van der Waals surface area contributed by atoms with Gasteiger partial charge in [-0.25, -0.2) is 9.50 Å². The number of nitrogens with two attached hydrogens (primary N) is 1. The van der Waals surface area contributed by atoms with E-state index in [9.17, 15) is 13.6 Å². The average molecular weight is 503 g/mol. The zero-order valence-electron chi connectivity index (χ0n) is 20.3. The molecule has 2 aliphatic carbocycles. The van der Waals surface area contributed by atoms with E-state index in [1.807, 2.05) is 19.1 Å². The monoisotopic (exact) mass is 502 g/mol. The van der Waals surface area contributed by atoms with Gasteiger partial charge in [0.1, 0.15) is 5.75 Å². The number of benzene rings is 1. The molecule has 1 aromatic carbocycles. The second kappa shape index (κ2) is 7.55. The summed E-state index contributed by atoms with van der Waals surface area (Å²) in [6, 6.07) is 10.3. The Labute approximate surface area is 211 Å². The van der Waals surface area contributed by atoms with Crippen molar-refractivity contribution in [2.75, 3.05) is 7.05 Å². The molecule has 7 rings (SSSR count). The van der Waals surface area contributed by atoms with Crippen molar-refractivity contribution >= 4 is 11.6 Å². The fourth-order valence-electron chi connectivity index (χ4n) is 6.22. The summed E-state index contributed by atoms with van der Waals surface area (Å²) < 4.78 is 33.3. The Bertz CT molecular complexity index is 1610. The number of aromatic nitrogens is 4. The van der Waals surface area contributed by atoms with Crippen LogP contribution in [0.4, 0.5) is 8.78 Å². The summed E-state index contributed by atoms with van der Waals surface area (Å²) >= 11 is 0. The second-order valence-electron chi connectivity index (χ2n) is 10.3. The summed E-state index contributed by atoms with van der Waals surface area (Å²) in [5.41, 5.74) is 12.5. The number of aryl methyl sites for hydroxylation is 1. The number of nitrogens with zero attached hydrogens (tertiary/aromatic N) is 5. The zero-order valence-corrected chi connectivity index (χ0v) is 20.3. The molecule has 1 amide bonds. The molecule has 0 saturated carbocycles. The average Bonchev–Trinajstić information content (AvgIpc) is 3.50. The molecule has 37 heavy (non-hydrogen) atoms. The number of rotatable bonds is 3. The van der Waals surface area contributed by atoms with Crippen molar-refractivity contribution in [2.24, 2.45) is 5.73 Å². The van der Waals surface area contributed by atoms with Crippen molar-refractivity contribution in [3.05, 3.63) is 76.4 Å². The number of amides is 1. The number of carbonyl (C=O) groups excluding carboxylic acids is 1. The first kappa shape index (κ1) is 22.3. The van der Waals surface area contributed by atoms with Crippen LogP contribution in [0.25, 0.3) is 16.9 Å². The predicted molar refractivity (Wildman–Crippen MR) is 130 cm³/mol. The van der Waals surface area contributed by atoms with Gasteiger partial charge in [-0.05, 0) is 62.1 Å². The lowest BCUT2D eigenvalue weighted by Crippen LogP contribution is -2.30. The zero-order chi connectivity index (χ0) is 25.6. The summed E-state index contributed by atoms with van der Waals surface area (Å²) in [6.07, 6.45) is 4.01. The Morgan fingerprint density at radius 2 is 2.08 bits per heavy atom. The Morgan fingerprint density at radius 1 is 1.24 bits per heavy atom. The molecule has 3 atom stereocenters. The molecule has 4 heterocycles. The third-order valence-electron chi connectivity index (χ3n) is 8.01. The van der Waals surface area contributed by atoms with Crippen molar-refractivity contribution in [1.82, 2.24) is 24.5 Å². The first-order valence-electron chi connectivity index (χ1n) is 12.3. The van der Waals surface area contributed by atoms with Crippen LogP contribution in [0, 0.1) is 0 Å². The minimum absolute atomic E-state index is 0.00603. The number of fused-ring (bicyclic) bond motifs is 10. The van der Waals surface area contributed by atoms with Crippen LogP contribution in [0.15, 0.2) is 42.6 Å². The van der Waals surface area contributed by atoms with E-state index < -0.39 is 12.2 Å². The molecule has 2 N–H and O–H groups in total. The molecular formula is C27H24F2N6O2. The SMILES string of the molecule is CN1C(=O)c2cccc(OC(F)F)c2C2CC1c1nc3ccc(-c4cnc5c(c4)CCC5(C)N)nn3c12. The maximum atomic E-state index is 13.3. The van der Waals surface area contributed by atoms with Crippen molar-refractivity contribution in [2.45, 2.75) is 50.3 Å². The number of hydrogen-bond acceptors (Lipinski definition) is 6. The van der Waals surface area contributed by atoms with E-state index >= 15 is 0 Å². The summed E-state index contributed by atoms with van der Waals surface area (Å²) in [4.78, 5) is 24.4. The van der Waals surface area contributed by atoms with Gasteiger partial charge in [0.2, 0.25) is 0 Å². The van der Waals surface area contributed by atoms with Crippen molar-refractivity contribution < 1.29 is 18.3 Å². The normalized spacial score (nSPS) is 23.8. The highest BCUT2D eigenvalue weighted by Crippen LogP contribution is 2.52. The number of carbonyl (C=O) groups is 1. The lowest BCUT2D eigenvalue weighted by molar-refractivity contribution is -0.0506. The van der Waals surface area contributed by atoms with Gasteiger partial charge in [-0.3, -0.25) is 9.78 Å². The van der Waals surface area contributed by atoms with Gasteiger partial charge in [0.05, 0.1) is 34.4 Å². The van der Waals surface area contributed by atoms with Crippen LogP contribution in [0.3, 0.4) is 0 Å². The molecule has 4 aromatic rings. The lowest BCUT2D eigenvalue weighted by atomic mass is 9.91. The first-order chi connectivity index (χ1) is 17.7. The maximum absolute atomic E-state index is 13.3. The topological polar surface area (TPSA) is 98.6 Å². The summed E-state index contributed by atoms with van der Waals surface area (Å²) in [7, 11) is 1.72. The van der Waals surface area contributed by atoms with E-state index in [2.05, 4.69) is 11.1 Å². The van der Waals surface area contributed by atoms with Gasteiger partial charge in [0, 0.05) is 35.9 Å². The molecule has 0 spiro atoms.